The van der Waals surface area contributed by atoms with Crippen LogP contribution in [-0.2, 0) is 0 Å². The Bertz CT molecular complexity index is 633. The van der Waals surface area contributed by atoms with Crippen LogP contribution >= 0.6 is 0 Å². The molecule has 19 heavy (non-hydrogen) atoms. The molecule has 0 unspecified atom stereocenters. The lowest BCUT2D eigenvalue weighted by Crippen LogP contribution is -2.21. The Labute approximate surface area is 107 Å². The van der Waals surface area contributed by atoms with Crippen LogP contribution in [0.15, 0.2) is 35.7 Å². The van der Waals surface area contributed by atoms with Crippen molar-refractivity contribution >= 4 is 17.2 Å². The van der Waals surface area contributed by atoms with E-state index < -0.39 is 5.84 Å². The fourth-order valence-electron chi connectivity index (χ4n) is 1.22. The third kappa shape index (κ3) is 2.89. The van der Waals surface area contributed by atoms with Gasteiger partial charge >= 0.3 is 0 Å². The van der Waals surface area contributed by atoms with E-state index in [4.69, 9.17) is 16.4 Å². The molecule has 0 radical (unpaired) electrons. The number of nitriles is 1. The average Bonchev–Trinajstić information content (AvgIpc) is 2.94. The quantitative estimate of drug-likeness (QED) is 0.395. The fraction of sp³-hybridized carbons (Fsp3) is 0. The van der Waals surface area contributed by atoms with Gasteiger partial charge in [0.25, 0.3) is 0 Å². The third-order valence-corrected chi connectivity index (χ3v) is 2.11. The van der Waals surface area contributed by atoms with Crippen molar-refractivity contribution in [3.8, 4) is 11.8 Å². The molecule has 2 rings (SSSR count). The lowest BCUT2D eigenvalue weighted by atomic mass is 10.3. The largest absolute Gasteiger partial charge is 0.382 e. The zero-order valence-electron chi connectivity index (χ0n) is 9.65. The summed E-state index contributed by atoms with van der Waals surface area (Å²) < 4.78 is 0. The van der Waals surface area contributed by atoms with Crippen LogP contribution in [0.4, 0.5) is 5.69 Å². The fourth-order valence-corrected chi connectivity index (χ4v) is 1.22. The number of hydrogen-bond donors (Lipinski definition) is 3. The molecule has 0 aliphatic heterocycles. The van der Waals surface area contributed by atoms with Gasteiger partial charge < -0.3 is 5.73 Å². The second-order valence-corrected chi connectivity index (χ2v) is 3.37. The van der Waals surface area contributed by atoms with Crippen molar-refractivity contribution in [3.63, 3.8) is 0 Å². The summed E-state index contributed by atoms with van der Waals surface area (Å²) in [6.07, 6.45) is 1.34. The maximum Gasteiger partial charge on any atom is 0.201 e. The van der Waals surface area contributed by atoms with E-state index in [1.807, 2.05) is 0 Å². The number of nitrogens with two attached hydrogens (primary N) is 1. The van der Waals surface area contributed by atoms with Crippen LogP contribution in [0.25, 0.3) is 5.69 Å². The molecule has 4 N–H and O–H groups in total. The Morgan fingerprint density at radius 3 is 2.68 bits per heavy atom. The first-order valence-electron chi connectivity index (χ1n) is 5.12. The first kappa shape index (κ1) is 12.2. The van der Waals surface area contributed by atoms with Crippen LogP contribution in [0.1, 0.15) is 0 Å². The van der Waals surface area contributed by atoms with Crippen LogP contribution in [0.2, 0.25) is 0 Å². The van der Waals surface area contributed by atoms with Crippen LogP contribution in [0.5, 0.6) is 0 Å². The monoisotopic (exact) mass is 255 g/mol. The third-order valence-electron chi connectivity index (χ3n) is 2.11. The molecule has 0 amide bonds. The predicted octanol–water partition coefficient (Wildman–Crippen LogP) is -0.110. The van der Waals surface area contributed by atoms with Crippen molar-refractivity contribution in [1.82, 2.24) is 20.2 Å². The lowest BCUT2D eigenvalue weighted by Gasteiger charge is -2.02. The maximum atomic E-state index is 8.68. The van der Waals surface area contributed by atoms with Crippen molar-refractivity contribution in [1.29, 1.82) is 10.7 Å². The normalized spacial score (nSPS) is 10.8. The molecule has 0 bridgehead atoms. The van der Waals surface area contributed by atoms with E-state index >= 15 is 0 Å². The number of hydrazone groups is 1. The van der Waals surface area contributed by atoms with E-state index in [0.717, 1.165) is 5.69 Å². The summed E-state index contributed by atoms with van der Waals surface area (Å²) in [6, 6.07) is 8.65. The number of nitrogens with zero attached hydrogens (tertiary/aromatic N) is 6. The van der Waals surface area contributed by atoms with E-state index in [1.165, 1.54) is 11.1 Å². The molecular formula is C10H9N9. The van der Waals surface area contributed by atoms with E-state index in [0.29, 0.717) is 5.69 Å². The molecule has 0 aliphatic rings. The van der Waals surface area contributed by atoms with Gasteiger partial charge in [-0.15, -0.1) is 15.0 Å². The zero-order chi connectivity index (χ0) is 13.7. The number of hydrogen-bond acceptors (Lipinski definition) is 7. The van der Waals surface area contributed by atoms with E-state index in [-0.39, 0.29) is 5.71 Å². The molecule has 1 aromatic carbocycles. The van der Waals surface area contributed by atoms with Gasteiger partial charge in [-0.05, 0) is 29.5 Å². The summed E-state index contributed by atoms with van der Waals surface area (Å²) in [6.45, 7) is 0. The van der Waals surface area contributed by atoms with Crippen molar-refractivity contribution in [2.24, 2.45) is 10.8 Å². The number of aromatic nitrogens is 4. The van der Waals surface area contributed by atoms with Crippen LogP contribution in [0.3, 0.4) is 0 Å². The van der Waals surface area contributed by atoms with Gasteiger partial charge in [-0.2, -0.15) is 10.4 Å². The summed E-state index contributed by atoms with van der Waals surface area (Å²) in [5, 5.41) is 30.7. The van der Waals surface area contributed by atoms with Crippen molar-refractivity contribution in [2.75, 3.05) is 5.43 Å². The first-order chi connectivity index (χ1) is 9.20. The molecule has 0 fully saturated rings. The predicted molar refractivity (Wildman–Crippen MR) is 67.7 cm³/mol. The van der Waals surface area contributed by atoms with Gasteiger partial charge in [0.2, 0.25) is 5.71 Å². The number of rotatable bonds is 4. The first-order valence-corrected chi connectivity index (χ1v) is 5.12. The number of amidine groups is 1. The second kappa shape index (κ2) is 5.37. The van der Waals surface area contributed by atoms with Gasteiger partial charge in [-0.3, -0.25) is 10.8 Å². The molecule has 0 saturated carbocycles. The highest BCUT2D eigenvalue weighted by atomic mass is 15.6. The molecule has 1 heterocycles. The summed E-state index contributed by atoms with van der Waals surface area (Å²) in [4.78, 5) is 1.36. The summed E-state index contributed by atoms with van der Waals surface area (Å²) >= 11 is 0. The average molecular weight is 255 g/mol. The molecular weight excluding hydrogens is 246 g/mol. The minimum Gasteiger partial charge on any atom is -0.382 e. The number of benzene rings is 1. The summed E-state index contributed by atoms with van der Waals surface area (Å²) in [7, 11) is 0. The Morgan fingerprint density at radius 1 is 1.42 bits per heavy atom. The smallest absolute Gasteiger partial charge is 0.201 e. The standard InChI is InChI=1S/C10H9N9/c11-5-9(10(12)13)17-16-7-1-3-8(4-2-7)19-15-6-14-18-19/h1-4,6,16H,(H3,12,13)/b17-9+. The molecule has 9 nitrogen and oxygen atoms in total. The lowest BCUT2D eigenvalue weighted by molar-refractivity contribution is 0.720. The highest BCUT2D eigenvalue weighted by Crippen LogP contribution is 2.11. The molecule has 0 aliphatic carbocycles. The summed E-state index contributed by atoms with van der Waals surface area (Å²) in [5.74, 6) is -0.390. The van der Waals surface area contributed by atoms with Gasteiger partial charge in [0.1, 0.15) is 6.07 Å². The SMILES string of the molecule is N#C/C(=N\Nc1ccc(-n2ncnn2)cc1)C(=N)N. The Kier molecular flexibility index (Phi) is 3.44. The molecule has 0 atom stereocenters. The van der Waals surface area contributed by atoms with Gasteiger partial charge in [-0.25, -0.2) is 0 Å². The van der Waals surface area contributed by atoms with Crippen molar-refractivity contribution in [3.05, 3.63) is 30.6 Å². The number of anilines is 1. The molecule has 1 aromatic heterocycles. The Morgan fingerprint density at radius 2 is 2.16 bits per heavy atom. The van der Waals surface area contributed by atoms with Gasteiger partial charge in [0, 0.05) is 0 Å². The molecule has 0 saturated heterocycles. The van der Waals surface area contributed by atoms with E-state index in [1.54, 1.807) is 30.3 Å². The number of nitrogens with one attached hydrogen (secondary N) is 2. The molecule has 9 heteroatoms. The minimum absolute atomic E-state index is 0.179. The summed E-state index contributed by atoms with van der Waals surface area (Å²) in [5.41, 5.74) is 8.98. The highest BCUT2D eigenvalue weighted by Gasteiger charge is 2.01. The van der Waals surface area contributed by atoms with Gasteiger partial charge in [0.05, 0.1) is 11.4 Å². The minimum atomic E-state index is -0.390. The van der Waals surface area contributed by atoms with Crippen LogP contribution in [0, 0.1) is 16.7 Å². The van der Waals surface area contributed by atoms with Crippen LogP contribution in [-0.4, -0.2) is 31.8 Å². The molecule has 2 aromatic rings. The topological polar surface area (TPSA) is 142 Å². The van der Waals surface area contributed by atoms with E-state index in [9.17, 15) is 0 Å². The van der Waals surface area contributed by atoms with Gasteiger partial charge in [-0.1, -0.05) is 0 Å². The van der Waals surface area contributed by atoms with Crippen molar-refractivity contribution < 1.29 is 0 Å². The highest BCUT2D eigenvalue weighted by molar-refractivity contribution is 6.45. The maximum absolute atomic E-state index is 8.68. The Balaban J connectivity index is 2.12. The molecule has 0 spiro atoms. The van der Waals surface area contributed by atoms with E-state index in [2.05, 4.69) is 25.9 Å². The van der Waals surface area contributed by atoms with Gasteiger partial charge in [0.15, 0.2) is 12.2 Å². The van der Waals surface area contributed by atoms with Crippen molar-refractivity contribution in [2.45, 2.75) is 0 Å². The zero-order valence-corrected chi connectivity index (χ0v) is 9.65. The molecule has 94 valence electrons. The second-order valence-electron chi connectivity index (χ2n) is 3.37. The van der Waals surface area contributed by atoms with Crippen LogP contribution < -0.4 is 11.2 Å². The number of tetrazole rings is 1. The Hall–Kier alpha value is -3.28.